The van der Waals surface area contributed by atoms with E-state index < -0.39 is 14.9 Å². The first-order valence-electron chi connectivity index (χ1n) is 10.9. The maximum Gasteiger partial charge on any atom is 0.269 e. The summed E-state index contributed by atoms with van der Waals surface area (Å²) in [4.78, 5) is 27.3. The second kappa shape index (κ2) is 10.3. The van der Waals surface area contributed by atoms with E-state index in [9.17, 15) is 23.3 Å². The van der Waals surface area contributed by atoms with E-state index in [1.54, 1.807) is 35.8 Å². The molecule has 0 spiro atoms. The largest absolute Gasteiger partial charge is 0.301 e. The summed E-state index contributed by atoms with van der Waals surface area (Å²) in [6.45, 7) is 0. The molecule has 2 N–H and O–H groups in total. The average molecular weight is 501 g/mol. The number of non-ortho nitro benzene ring substituents is 1. The molecule has 0 saturated heterocycles. The van der Waals surface area contributed by atoms with Crippen LogP contribution in [0.1, 0.15) is 43.6 Å². The van der Waals surface area contributed by atoms with Gasteiger partial charge in [-0.25, -0.2) is 13.4 Å². The summed E-state index contributed by atoms with van der Waals surface area (Å²) < 4.78 is 27.8. The number of anilines is 2. The molecule has 4 rings (SSSR count). The van der Waals surface area contributed by atoms with Crippen molar-refractivity contribution in [2.45, 2.75) is 42.9 Å². The fourth-order valence-electron chi connectivity index (χ4n) is 4.20. The van der Waals surface area contributed by atoms with E-state index in [1.165, 1.54) is 36.3 Å². The minimum absolute atomic E-state index is 0.0795. The zero-order valence-corrected chi connectivity index (χ0v) is 19.8. The maximum absolute atomic E-state index is 13.1. The monoisotopic (exact) mass is 500 g/mol. The SMILES string of the molecule is O=C(Nc1nccs1)C(CC1CCCC1)c1ccc(NS(=O)(=O)c2ccc([N+](=O)[O-])cc2)cc1. The lowest BCUT2D eigenvalue weighted by Gasteiger charge is -2.20. The number of hydrogen-bond acceptors (Lipinski definition) is 7. The van der Waals surface area contributed by atoms with Crippen molar-refractivity contribution in [3.63, 3.8) is 0 Å². The third-order valence-corrected chi connectivity index (χ3v) is 8.03. The van der Waals surface area contributed by atoms with E-state index in [2.05, 4.69) is 15.0 Å². The van der Waals surface area contributed by atoms with E-state index in [4.69, 9.17) is 0 Å². The van der Waals surface area contributed by atoms with Crippen LogP contribution < -0.4 is 10.0 Å². The van der Waals surface area contributed by atoms with Gasteiger partial charge in [-0.1, -0.05) is 37.8 Å². The number of thiazole rings is 1. The minimum Gasteiger partial charge on any atom is -0.301 e. The molecular weight excluding hydrogens is 476 g/mol. The predicted octanol–water partition coefficient (Wildman–Crippen LogP) is 5.15. The fraction of sp³-hybridized carbons (Fsp3) is 0.304. The minimum atomic E-state index is -3.92. The number of carbonyl (C=O) groups is 1. The molecule has 178 valence electrons. The number of rotatable bonds is 9. The average Bonchev–Trinajstić information content (AvgIpc) is 3.52. The molecule has 0 bridgehead atoms. The lowest BCUT2D eigenvalue weighted by atomic mass is 9.87. The Morgan fingerprint density at radius 1 is 1.12 bits per heavy atom. The fourth-order valence-corrected chi connectivity index (χ4v) is 5.79. The molecular formula is C23H24N4O5S2. The van der Waals surface area contributed by atoms with Crippen LogP contribution in [0.2, 0.25) is 0 Å². The van der Waals surface area contributed by atoms with E-state index in [0.29, 0.717) is 16.7 Å². The number of nitrogens with zero attached hydrogens (tertiary/aromatic N) is 2. The summed E-state index contributed by atoms with van der Waals surface area (Å²) in [6.07, 6.45) is 6.93. The molecule has 3 aromatic rings. The van der Waals surface area contributed by atoms with E-state index in [1.807, 2.05) is 0 Å². The van der Waals surface area contributed by atoms with Crippen molar-refractivity contribution in [2.75, 3.05) is 10.0 Å². The molecule has 1 aliphatic rings. The van der Waals surface area contributed by atoms with Gasteiger partial charge in [-0.15, -0.1) is 11.3 Å². The third-order valence-electron chi connectivity index (χ3n) is 5.95. The van der Waals surface area contributed by atoms with Crippen LogP contribution in [-0.2, 0) is 14.8 Å². The van der Waals surface area contributed by atoms with Crippen LogP contribution in [-0.4, -0.2) is 24.2 Å². The Kier molecular flexibility index (Phi) is 7.23. The quantitative estimate of drug-likeness (QED) is 0.308. The van der Waals surface area contributed by atoms with Gasteiger partial charge in [-0.2, -0.15) is 0 Å². The summed E-state index contributed by atoms with van der Waals surface area (Å²) >= 11 is 1.36. The van der Waals surface area contributed by atoms with E-state index in [0.717, 1.165) is 37.0 Å². The van der Waals surface area contributed by atoms with Gasteiger partial charge in [0.2, 0.25) is 5.91 Å². The van der Waals surface area contributed by atoms with E-state index >= 15 is 0 Å². The number of nitro groups is 1. The van der Waals surface area contributed by atoms with Gasteiger partial charge < -0.3 is 5.32 Å². The van der Waals surface area contributed by atoms with Crippen molar-refractivity contribution in [3.05, 3.63) is 75.8 Å². The molecule has 1 fully saturated rings. The molecule has 1 aliphatic carbocycles. The Morgan fingerprint density at radius 3 is 2.38 bits per heavy atom. The molecule has 9 nitrogen and oxygen atoms in total. The summed E-state index contributed by atoms with van der Waals surface area (Å²) in [5.41, 5.74) is 0.953. The first-order valence-corrected chi connectivity index (χ1v) is 13.3. The van der Waals surface area contributed by atoms with Crippen LogP contribution in [0.5, 0.6) is 0 Å². The Labute approximate surface area is 201 Å². The van der Waals surface area contributed by atoms with Crippen molar-refractivity contribution >= 4 is 43.8 Å². The molecule has 1 saturated carbocycles. The lowest BCUT2D eigenvalue weighted by Crippen LogP contribution is -2.23. The topological polar surface area (TPSA) is 131 Å². The number of aromatic nitrogens is 1. The Balaban J connectivity index is 1.50. The second-order valence-electron chi connectivity index (χ2n) is 8.24. The Morgan fingerprint density at radius 2 is 1.79 bits per heavy atom. The highest BCUT2D eigenvalue weighted by Crippen LogP contribution is 2.35. The number of hydrogen-bond donors (Lipinski definition) is 2. The van der Waals surface area contributed by atoms with Crippen molar-refractivity contribution in [2.24, 2.45) is 5.92 Å². The first-order chi connectivity index (χ1) is 16.3. The van der Waals surface area contributed by atoms with Crippen molar-refractivity contribution in [1.29, 1.82) is 0 Å². The molecule has 1 amide bonds. The molecule has 1 aromatic heterocycles. The summed E-state index contributed by atoms with van der Waals surface area (Å²) in [6, 6.07) is 11.4. The first kappa shape index (κ1) is 23.8. The number of benzene rings is 2. The van der Waals surface area contributed by atoms with Crippen LogP contribution >= 0.6 is 11.3 Å². The molecule has 34 heavy (non-hydrogen) atoms. The third kappa shape index (κ3) is 5.78. The molecule has 2 aromatic carbocycles. The van der Waals surface area contributed by atoms with Crippen LogP contribution in [0.4, 0.5) is 16.5 Å². The number of nitrogens with one attached hydrogen (secondary N) is 2. The van der Waals surface area contributed by atoms with E-state index in [-0.39, 0.29) is 22.4 Å². The van der Waals surface area contributed by atoms with Crippen LogP contribution in [0.15, 0.2) is 65.0 Å². The highest BCUT2D eigenvalue weighted by atomic mass is 32.2. The van der Waals surface area contributed by atoms with Crippen molar-refractivity contribution in [1.82, 2.24) is 4.98 Å². The van der Waals surface area contributed by atoms with Gasteiger partial charge in [-0.05, 0) is 42.2 Å². The van der Waals surface area contributed by atoms with Crippen molar-refractivity contribution in [3.8, 4) is 0 Å². The molecule has 11 heteroatoms. The van der Waals surface area contributed by atoms with Gasteiger partial charge in [-0.3, -0.25) is 19.6 Å². The number of carbonyl (C=O) groups excluding carboxylic acids is 1. The zero-order chi connectivity index (χ0) is 24.1. The van der Waals surface area contributed by atoms with Gasteiger partial charge in [0.05, 0.1) is 15.7 Å². The number of sulfonamides is 1. The highest BCUT2D eigenvalue weighted by molar-refractivity contribution is 7.92. The predicted molar refractivity (Wildman–Crippen MR) is 130 cm³/mol. The van der Waals surface area contributed by atoms with Crippen LogP contribution in [0.25, 0.3) is 0 Å². The number of nitro benzene ring substituents is 1. The summed E-state index contributed by atoms with van der Waals surface area (Å²) in [5, 5.41) is 16.0. The smallest absolute Gasteiger partial charge is 0.269 e. The molecule has 0 aliphatic heterocycles. The molecule has 1 unspecified atom stereocenters. The Bertz CT molecular complexity index is 1240. The molecule has 1 atom stereocenters. The van der Waals surface area contributed by atoms with Gasteiger partial charge in [0.15, 0.2) is 5.13 Å². The second-order valence-corrected chi connectivity index (χ2v) is 10.8. The Hall–Kier alpha value is -3.31. The van der Waals surface area contributed by atoms with Crippen LogP contribution in [0.3, 0.4) is 0 Å². The number of amides is 1. The van der Waals surface area contributed by atoms with Crippen molar-refractivity contribution < 1.29 is 18.1 Å². The molecule has 0 radical (unpaired) electrons. The zero-order valence-electron chi connectivity index (χ0n) is 18.2. The summed E-state index contributed by atoms with van der Waals surface area (Å²) in [5.74, 6) is -0.0132. The van der Waals surface area contributed by atoms with Gasteiger partial charge in [0.1, 0.15) is 0 Å². The summed E-state index contributed by atoms with van der Waals surface area (Å²) in [7, 11) is -3.92. The maximum atomic E-state index is 13.1. The van der Waals surface area contributed by atoms with Gasteiger partial charge >= 0.3 is 0 Å². The van der Waals surface area contributed by atoms with Gasteiger partial charge in [0, 0.05) is 29.4 Å². The van der Waals surface area contributed by atoms with Gasteiger partial charge in [0.25, 0.3) is 15.7 Å². The lowest BCUT2D eigenvalue weighted by molar-refractivity contribution is -0.384. The molecule has 1 heterocycles. The van der Waals surface area contributed by atoms with Crippen LogP contribution in [0, 0.1) is 16.0 Å². The standard InChI is InChI=1S/C23H24N4O5S2/c28-22(25-23-24-13-14-33-23)21(15-16-3-1-2-4-16)17-5-7-18(8-6-17)26-34(31,32)20-11-9-19(10-12-20)27(29)30/h5-14,16,21,26H,1-4,15H2,(H,24,25,28). The highest BCUT2D eigenvalue weighted by Gasteiger charge is 2.27. The normalized spacial score (nSPS) is 15.1.